The van der Waals surface area contributed by atoms with Gasteiger partial charge in [0.25, 0.3) is 0 Å². The van der Waals surface area contributed by atoms with Gasteiger partial charge in [-0.25, -0.2) is 4.99 Å². The summed E-state index contributed by atoms with van der Waals surface area (Å²) in [5.74, 6) is 1.00. The molecule has 3 aliphatic rings. The van der Waals surface area contributed by atoms with Crippen molar-refractivity contribution in [2.45, 2.75) is 19.3 Å². The van der Waals surface area contributed by atoms with Crippen molar-refractivity contribution in [3.05, 3.63) is 50.5 Å². The van der Waals surface area contributed by atoms with E-state index in [-0.39, 0.29) is 5.88 Å². The van der Waals surface area contributed by atoms with E-state index in [1.807, 2.05) is 18.2 Å². The van der Waals surface area contributed by atoms with E-state index >= 15 is 0 Å². The highest BCUT2D eigenvalue weighted by atomic mass is 16.5. The molecular weight excluding hydrogens is 378 g/mol. The largest absolute Gasteiger partial charge is 0.494 e. The predicted octanol–water partition coefficient (Wildman–Crippen LogP) is 2.04. The lowest BCUT2D eigenvalue weighted by Crippen LogP contribution is -2.38. The van der Waals surface area contributed by atoms with Crippen LogP contribution in [0, 0.1) is 10.4 Å². The average molecular weight is 403 g/mol. The molecule has 6 rings (SSSR count). The monoisotopic (exact) mass is 403 g/mol. The quantitative estimate of drug-likeness (QED) is 0.547. The summed E-state index contributed by atoms with van der Waals surface area (Å²) < 4.78 is 11.7. The predicted molar refractivity (Wildman–Crippen MR) is 115 cm³/mol. The van der Waals surface area contributed by atoms with Crippen LogP contribution in [0.25, 0.3) is 17.4 Å². The molecule has 0 atom stereocenters. The van der Waals surface area contributed by atoms with Gasteiger partial charge in [-0.3, -0.25) is 4.90 Å². The number of fused-ring (bicyclic) bond motifs is 7. The third kappa shape index (κ3) is 2.60. The molecule has 6 heteroatoms. The van der Waals surface area contributed by atoms with E-state index in [0.29, 0.717) is 6.61 Å². The van der Waals surface area contributed by atoms with E-state index in [9.17, 15) is 5.11 Å². The summed E-state index contributed by atoms with van der Waals surface area (Å²) in [6.45, 7) is 9.11. The minimum absolute atomic E-state index is 0.173. The molecule has 0 bridgehead atoms. The van der Waals surface area contributed by atoms with Gasteiger partial charge >= 0.3 is 0 Å². The number of aromatic hydroxyl groups is 1. The summed E-state index contributed by atoms with van der Waals surface area (Å²) in [6, 6.07) is 6.04. The summed E-state index contributed by atoms with van der Waals surface area (Å²) in [5, 5.41) is 16.3. The van der Waals surface area contributed by atoms with Crippen molar-refractivity contribution in [1.82, 2.24) is 9.88 Å². The molecular formula is C24H25N3O3. The van der Waals surface area contributed by atoms with E-state index in [1.54, 1.807) is 0 Å². The number of nitrogens with one attached hydrogen (secondary N) is 1. The molecule has 6 nitrogen and oxygen atoms in total. The number of H-pyrrole nitrogens is 1. The van der Waals surface area contributed by atoms with Gasteiger partial charge in [-0.1, -0.05) is 12.6 Å². The SMILES string of the molecule is C=c1[nH]c(O)c2c3c(c4c(c12)CCC4)N=c1cccc(OCCN2CCOCC2)c1=3. The maximum Gasteiger partial charge on any atom is 0.197 e. The fraction of sp³-hybridized carbons (Fsp3) is 0.375. The number of aromatic nitrogens is 1. The van der Waals surface area contributed by atoms with Crippen LogP contribution in [0.4, 0.5) is 5.69 Å². The summed E-state index contributed by atoms with van der Waals surface area (Å²) in [6.07, 6.45) is 3.14. The number of nitrogens with zero attached hydrogens (tertiary/aromatic N) is 2. The molecule has 0 saturated carbocycles. The highest BCUT2D eigenvalue weighted by Crippen LogP contribution is 2.41. The normalized spacial score (nSPS) is 17.6. The van der Waals surface area contributed by atoms with E-state index in [0.717, 1.165) is 95.5 Å². The summed E-state index contributed by atoms with van der Waals surface area (Å²) in [7, 11) is 0. The topological polar surface area (TPSA) is 70.1 Å². The number of hydrogen-bond acceptors (Lipinski definition) is 5. The first kappa shape index (κ1) is 18.0. The average Bonchev–Trinajstić information content (AvgIpc) is 3.44. The van der Waals surface area contributed by atoms with E-state index < -0.39 is 0 Å². The van der Waals surface area contributed by atoms with Gasteiger partial charge in [0.15, 0.2) is 5.88 Å². The number of rotatable bonds is 4. The van der Waals surface area contributed by atoms with Crippen LogP contribution in [-0.4, -0.2) is 54.4 Å². The minimum atomic E-state index is 0.173. The Balaban J connectivity index is 1.53. The Morgan fingerprint density at radius 1 is 1.13 bits per heavy atom. The van der Waals surface area contributed by atoms with Crippen LogP contribution in [-0.2, 0) is 17.6 Å². The number of ether oxygens (including phenoxy) is 2. The van der Waals surface area contributed by atoms with Gasteiger partial charge in [-0.2, -0.15) is 0 Å². The molecule has 1 saturated heterocycles. The molecule has 1 aromatic heterocycles. The molecule has 2 aromatic carbocycles. The first-order chi connectivity index (χ1) is 14.7. The Bertz CT molecular complexity index is 1370. The fourth-order valence-electron chi connectivity index (χ4n) is 5.24. The van der Waals surface area contributed by atoms with Crippen molar-refractivity contribution < 1.29 is 14.6 Å². The molecule has 1 fully saturated rings. The van der Waals surface area contributed by atoms with Crippen molar-refractivity contribution in [3.63, 3.8) is 0 Å². The molecule has 154 valence electrons. The minimum Gasteiger partial charge on any atom is -0.494 e. The molecule has 0 amide bonds. The first-order valence-corrected chi connectivity index (χ1v) is 10.7. The molecule has 0 spiro atoms. The van der Waals surface area contributed by atoms with Gasteiger partial charge in [0.1, 0.15) is 12.4 Å². The number of hydrogen-bond donors (Lipinski definition) is 2. The van der Waals surface area contributed by atoms with Crippen LogP contribution in [0.3, 0.4) is 0 Å². The van der Waals surface area contributed by atoms with Crippen molar-refractivity contribution in [1.29, 1.82) is 0 Å². The van der Waals surface area contributed by atoms with Crippen LogP contribution < -0.4 is 15.4 Å². The van der Waals surface area contributed by atoms with Gasteiger partial charge in [0, 0.05) is 35.6 Å². The van der Waals surface area contributed by atoms with Crippen LogP contribution in [0.5, 0.6) is 11.6 Å². The Morgan fingerprint density at radius 2 is 1.97 bits per heavy atom. The van der Waals surface area contributed by atoms with Gasteiger partial charge in [0.05, 0.1) is 34.9 Å². The summed E-state index contributed by atoms with van der Waals surface area (Å²) in [5.41, 5.74) is 3.59. The zero-order chi connectivity index (χ0) is 20.2. The highest BCUT2D eigenvalue weighted by Gasteiger charge is 2.26. The lowest BCUT2D eigenvalue weighted by Gasteiger charge is -2.26. The molecule has 3 aromatic rings. The third-order valence-corrected chi connectivity index (χ3v) is 6.61. The Labute approximate surface area is 173 Å². The zero-order valence-electron chi connectivity index (χ0n) is 17.0. The standard InChI is InChI=1S/C24H25N3O3/c1-14-19-15-4-2-5-16(15)23-21(22(19)24(28)25-14)20-17(26-23)6-3-7-18(20)30-13-10-27-8-11-29-12-9-27/h3,6-7,25,28H,1-2,4-5,8-13H2. The van der Waals surface area contributed by atoms with Crippen LogP contribution >= 0.6 is 0 Å². The van der Waals surface area contributed by atoms with Gasteiger partial charge < -0.3 is 19.6 Å². The maximum atomic E-state index is 10.8. The van der Waals surface area contributed by atoms with Gasteiger partial charge in [0.2, 0.25) is 0 Å². The second kappa shape index (κ2) is 6.86. The second-order valence-electron chi connectivity index (χ2n) is 8.30. The molecule has 0 radical (unpaired) electrons. The van der Waals surface area contributed by atoms with Crippen LogP contribution in [0.1, 0.15) is 17.5 Å². The molecule has 2 aliphatic heterocycles. The number of aromatic amines is 1. The lowest BCUT2D eigenvalue weighted by molar-refractivity contribution is 0.0322. The summed E-state index contributed by atoms with van der Waals surface area (Å²) >= 11 is 0. The first-order valence-electron chi connectivity index (χ1n) is 10.7. The van der Waals surface area contributed by atoms with Crippen LogP contribution in [0.2, 0.25) is 0 Å². The van der Waals surface area contributed by atoms with Crippen LogP contribution in [0.15, 0.2) is 23.2 Å². The number of morpholine rings is 1. The second-order valence-corrected chi connectivity index (χ2v) is 8.30. The third-order valence-electron chi connectivity index (χ3n) is 6.61. The van der Waals surface area contributed by atoms with E-state index in [4.69, 9.17) is 14.5 Å². The van der Waals surface area contributed by atoms with Crippen molar-refractivity contribution in [3.8, 4) is 11.6 Å². The summed E-state index contributed by atoms with van der Waals surface area (Å²) in [4.78, 5) is 10.4. The lowest BCUT2D eigenvalue weighted by atomic mass is 9.98. The highest BCUT2D eigenvalue weighted by molar-refractivity contribution is 5.96. The smallest absolute Gasteiger partial charge is 0.197 e. The van der Waals surface area contributed by atoms with Gasteiger partial charge in [-0.05, 0) is 42.5 Å². The molecule has 3 heterocycles. The molecule has 2 N–H and O–H groups in total. The maximum absolute atomic E-state index is 10.8. The Hall–Kier alpha value is -2.83. The number of benzene rings is 2. The van der Waals surface area contributed by atoms with Crippen molar-refractivity contribution >= 4 is 23.0 Å². The number of aryl methyl sites for hydroxylation is 1. The molecule has 0 unspecified atom stereocenters. The molecule has 1 aliphatic carbocycles. The Morgan fingerprint density at radius 3 is 2.83 bits per heavy atom. The molecule has 30 heavy (non-hydrogen) atoms. The zero-order valence-corrected chi connectivity index (χ0v) is 17.0. The van der Waals surface area contributed by atoms with E-state index in [2.05, 4.69) is 16.5 Å². The van der Waals surface area contributed by atoms with Crippen molar-refractivity contribution in [2.24, 2.45) is 4.99 Å². The van der Waals surface area contributed by atoms with Gasteiger partial charge in [-0.15, -0.1) is 0 Å². The fourth-order valence-corrected chi connectivity index (χ4v) is 5.24. The Kier molecular flexibility index (Phi) is 4.11. The van der Waals surface area contributed by atoms with E-state index in [1.165, 1.54) is 11.1 Å². The van der Waals surface area contributed by atoms with Crippen molar-refractivity contribution in [2.75, 3.05) is 39.5 Å².